The van der Waals surface area contributed by atoms with Gasteiger partial charge in [0.15, 0.2) is 6.61 Å². The van der Waals surface area contributed by atoms with Crippen LogP contribution in [-0.2, 0) is 24.9 Å². The summed E-state index contributed by atoms with van der Waals surface area (Å²) < 4.78 is 38.1. The van der Waals surface area contributed by atoms with E-state index in [0.717, 1.165) is 54.8 Å². The normalized spacial score (nSPS) is 13.5. The average molecular weight is 641 g/mol. The lowest BCUT2D eigenvalue weighted by atomic mass is 10.0. The van der Waals surface area contributed by atoms with Gasteiger partial charge < -0.3 is 15.0 Å². The summed E-state index contributed by atoms with van der Waals surface area (Å²) in [5.41, 5.74) is 8.14. The Bertz CT molecular complexity index is 1700. The molecule has 44 heavy (non-hydrogen) atoms. The molecule has 5 rings (SSSR count). The fourth-order valence-corrected chi connectivity index (χ4v) is 6.35. The van der Waals surface area contributed by atoms with E-state index in [4.69, 9.17) is 35.6 Å². The Morgan fingerprint density at radius 1 is 0.932 bits per heavy atom. The number of rotatable bonds is 17. The summed E-state index contributed by atoms with van der Waals surface area (Å²) in [6.45, 7) is 4.09. The smallest absolute Gasteiger partial charge is 0.476 e. The van der Waals surface area contributed by atoms with Gasteiger partial charge in [0.25, 0.3) is 5.91 Å². The first-order valence-electron chi connectivity index (χ1n) is 15.1. The van der Waals surface area contributed by atoms with Crippen LogP contribution in [0, 0.1) is 0 Å². The maximum atomic E-state index is 13.6. The van der Waals surface area contributed by atoms with Gasteiger partial charge in [-0.15, -0.1) is 0 Å². The number of ketones is 1. The predicted octanol–water partition coefficient (Wildman–Crippen LogP) is 8.40. The number of hydrogen-bond donors (Lipinski definition) is 1. The van der Waals surface area contributed by atoms with Gasteiger partial charge in [0.1, 0.15) is 12.5 Å². The zero-order valence-corrected chi connectivity index (χ0v) is 26.7. The maximum absolute atomic E-state index is 13.6. The number of aromatic nitrogens is 1. The minimum absolute atomic E-state index is 0.132. The fourth-order valence-electron chi connectivity index (χ4n) is 4.98. The fraction of sp³-hybridized carbons (Fsp3) is 0.394. The van der Waals surface area contributed by atoms with Crippen LogP contribution in [0.3, 0.4) is 0 Å². The van der Waals surface area contributed by atoms with Crippen molar-refractivity contribution in [3.8, 4) is 5.75 Å². The van der Waals surface area contributed by atoms with E-state index in [9.17, 15) is 14.2 Å². The molecule has 3 aromatic carbocycles. The Labute approximate surface area is 262 Å². The molecule has 9 nitrogen and oxygen atoms in total. The first-order chi connectivity index (χ1) is 21.2. The molecule has 0 unspecified atom stereocenters. The van der Waals surface area contributed by atoms with Crippen molar-refractivity contribution in [3.05, 3.63) is 76.4 Å². The number of ether oxygens (including phenoxy) is 1. The van der Waals surface area contributed by atoms with Crippen molar-refractivity contribution in [2.75, 3.05) is 19.8 Å². The van der Waals surface area contributed by atoms with E-state index >= 15 is 0 Å². The molecule has 4 aromatic rings. The van der Waals surface area contributed by atoms with Crippen LogP contribution in [0.5, 0.6) is 5.75 Å². The van der Waals surface area contributed by atoms with Crippen molar-refractivity contribution in [1.29, 1.82) is 0 Å². The van der Waals surface area contributed by atoms with Gasteiger partial charge in [-0.2, -0.15) is 0 Å². The van der Waals surface area contributed by atoms with E-state index in [0.29, 0.717) is 21.9 Å². The number of hydrogen-bond acceptors (Lipinski definition) is 7. The number of fused-ring (bicyclic) bond motifs is 2. The standard InChI is InChI=1S/C33H38ClN2O7P/c1-3-5-13-41-44(39,42-14-6-4-2)43-21-36-19-29(27-12-10-23(17-30(27)36)22-7-8-22)31(37)20-40-32-18-24-9-11-26(34)15-25(24)16-28(32)33(35)38/h9-12,15-19,22H,3-8,13-14,20-21H2,1-2H3,(H2,35,38). The lowest BCUT2D eigenvalue weighted by Crippen LogP contribution is -2.16. The molecule has 234 valence electrons. The average Bonchev–Trinajstić information content (AvgIpc) is 3.80. The number of amides is 1. The Hall–Kier alpha value is -3.20. The zero-order valence-electron chi connectivity index (χ0n) is 25.1. The molecule has 1 aromatic heterocycles. The first-order valence-corrected chi connectivity index (χ1v) is 16.9. The molecular weight excluding hydrogens is 603 g/mol. The second kappa shape index (κ2) is 14.3. The number of nitrogens with two attached hydrogens (primary N) is 1. The van der Waals surface area contributed by atoms with Crippen LogP contribution in [0.25, 0.3) is 21.7 Å². The van der Waals surface area contributed by atoms with Crippen molar-refractivity contribution in [2.45, 2.75) is 65.0 Å². The third kappa shape index (κ3) is 7.71. The van der Waals surface area contributed by atoms with Crippen LogP contribution >= 0.6 is 19.4 Å². The largest absolute Gasteiger partial charge is 0.485 e. The minimum Gasteiger partial charge on any atom is -0.485 e. The van der Waals surface area contributed by atoms with E-state index in [1.165, 1.54) is 5.56 Å². The molecule has 0 bridgehead atoms. The lowest BCUT2D eigenvalue weighted by molar-refractivity contribution is 0.0888. The predicted molar refractivity (Wildman–Crippen MR) is 172 cm³/mol. The van der Waals surface area contributed by atoms with Crippen molar-refractivity contribution < 1.29 is 32.5 Å². The summed E-state index contributed by atoms with van der Waals surface area (Å²) in [5.74, 6) is -0.288. The minimum atomic E-state index is -3.83. The maximum Gasteiger partial charge on any atom is 0.476 e. The number of carbonyl (C=O) groups excluding carboxylic acids is 2. The van der Waals surface area contributed by atoms with Crippen LogP contribution in [-0.4, -0.2) is 36.1 Å². The van der Waals surface area contributed by atoms with E-state index in [1.807, 2.05) is 26.0 Å². The molecule has 0 atom stereocenters. The molecule has 1 heterocycles. The molecule has 11 heteroatoms. The number of Topliss-reactive ketones (excluding diaryl/α,β-unsaturated/α-hetero) is 1. The van der Waals surface area contributed by atoms with E-state index in [2.05, 4.69) is 6.07 Å². The van der Waals surface area contributed by atoms with Crippen LogP contribution in [0.2, 0.25) is 5.02 Å². The number of phosphoric ester groups is 1. The highest BCUT2D eigenvalue weighted by Gasteiger charge is 2.29. The van der Waals surface area contributed by atoms with Crippen LogP contribution in [0.1, 0.15) is 84.6 Å². The third-order valence-corrected chi connectivity index (χ3v) is 9.29. The van der Waals surface area contributed by atoms with Crippen molar-refractivity contribution >= 4 is 52.8 Å². The first kappa shape index (κ1) is 32.2. The summed E-state index contributed by atoms with van der Waals surface area (Å²) in [5, 5.41) is 2.76. The molecule has 0 aliphatic heterocycles. The highest BCUT2D eigenvalue weighted by molar-refractivity contribution is 7.48. The lowest BCUT2D eigenvalue weighted by Gasteiger charge is -2.18. The van der Waals surface area contributed by atoms with Gasteiger partial charge in [0, 0.05) is 22.2 Å². The highest BCUT2D eigenvalue weighted by atomic mass is 35.5. The second-order valence-electron chi connectivity index (χ2n) is 11.1. The summed E-state index contributed by atoms with van der Waals surface area (Å²) >= 11 is 6.11. The Morgan fingerprint density at radius 2 is 1.66 bits per heavy atom. The van der Waals surface area contributed by atoms with Gasteiger partial charge in [0.2, 0.25) is 5.78 Å². The van der Waals surface area contributed by atoms with Gasteiger partial charge in [-0.1, -0.05) is 56.5 Å². The number of primary amides is 1. The van der Waals surface area contributed by atoms with Crippen LogP contribution in [0.15, 0.2) is 54.7 Å². The van der Waals surface area contributed by atoms with E-state index in [-0.39, 0.29) is 43.6 Å². The summed E-state index contributed by atoms with van der Waals surface area (Å²) in [7, 11) is -3.83. The third-order valence-electron chi connectivity index (χ3n) is 7.63. The number of benzene rings is 3. The topological polar surface area (TPSA) is 119 Å². The van der Waals surface area contributed by atoms with E-state index < -0.39 is 13.7 Å². The molecule has 0 spiro atoms. The summed E-state index contributed by atoms with van der Waals surface area (Å²) in [6.07, 6.45) is 7.12. The Morgan fingerprint density at radius 3 is 2.32 bits per heavy atom. The number of unbranched alkanes of at least 4 members (excludes halogenated alkanes) is 2. The van der Waals surface area contributed by atoms with Crippen molar-refractivity contribution in [3.63, 3.8) is 0 Å². The molecular formula is C33H38ClN2O7P. The van der Waals surface area contributed by atoms with Gasteiger partial charge in [-0.25, -0.2) is 4.57 Å². The van der Waals surface area contributed by atoms with Crippen LogP contribution < -0.4 is 10.5 Å². The summed E-state index contributed by atoms with van der Waals surface area (Å²) in [4.78, 5) is 25.8. The van der Waals surface area contributed by atoms with Gasteiger partial charge in [-0.3, -0.25) is 23.2 Å². The molecule has 1 aliphatic rings. The number of halogens is 1. The molecule has 2 N–H and O–H groups in total. The molecule has 1 amide bonds. The summed E-state index contributed by atoms with van der Waals surface area (Å²) in [6, 6.07) is 14.6. The Balaban J connectivity index is 1.40. The molecule has 1 saturated carbocycles. The van der Waals surface area contributed by atoms with Gasteiger partial charge >= 0.3 is 7.82 Å². The van der Waals surface area contributed by atoms with Gasteiger partial charge in [-0.05, 0) is 78.3 Å². The molecule has 0 saturated heterocycles. The molecule has 1 aliphatic carbocycles. The number of carbonyl (C=O) groups is 2. The van der Waals surface area contributed by atoms with E-state index in [1.54, 1.807) is 41.1 Å². The van der Waals surface area contributed by atoms with Crippen molar-refractivity contribution in [1.82, 2.24) is 4.57 Å². The highest BCUT2D eigenvalue weighted by Crippen LogP contribution is 2.50. The SMILES string of the molecule is CCCCOP(=O)(OCCCC)OCn1cc(C(=O)COc2cc3ccc(Cl)cc3cc2C(N)=O)c2ccc(C3CC3)cc21. The molecule has 1 fully saturated rings. The second-order valence-corrected chi connectivity index (χ2v) is 13.2. The van der Waals surface area contributed by atoms with Crippen LogP contribution in [0.4, 0.5) is 0 Å². The van der Waals surface area contributed by atoms with Gasteiger partial charge in [0.05, 0.1) is 24.3 Å². The van der Waals surface area contributed by atoms with Crippen molar-refractivity contribution in [2.24, 2.45) is 5.73 Å². The zero-order chi connectivity index (χ0) is 31.3. The quantitative estimate of drug-likeness (QED) is 0.0699. The number of nitrogens with zero attached hydrogens (tertiary/aromatic N) is 1. The Kier molecular flexibility index (Phi) is 10.4. The number of phosphoric acid groups is 1. The molecule has 0 radical (unpaired) electrons. The monoisotopic (exact) mass is 640 g/mol.